The van der Waals surface area contributed by atoms with Crippen molar-refractivity contribution in [2.24, 2.45) is 0 Å². The number of hydrogen-bond acceptors (Lipinski definition) is 5. The Morgan fingerprint density at radius 3 is 2.36 bits per heavy atom. The summed E-state index contributed by atoms with van der Waals surface area (Å²) < 4.78 is 49.9. The molecule has 1 atom stereocenters. The van der Waals surface area contributed by atoms with Crippen molar-refractivity contribution in [1.82, 2.24) is 4.90 Å². The molecule has 3 aromatic rings. The highest BCUT2D eigenvalue weighted by molar-refractivity contribution is 7.87. The Morgan fingerprint density at radius 1 is 1.03 bits per heavy atom. The van der Waals surface area contributed by atoms with Crippen molar-refractivity contribution >= 4 is 16.0 Å². The Hall–Kier alpha value is -3.39. The minimum atomic E-state index is -4.11. The Morgan fingerprint density at radius 2 is 1.73 bits per heavy atom. The van der Waals surface area contributed by atoms with Gasteiger partial charge in [0.05, 0.1) is 7.11 Å². The lowest BCUT2D eigenvalue weighted by atomic mass is 10.1. The van der Waals surface area contributed by atoms with Crippen molar-refractivity contribution in [3.8, 4) is 11.5 Å². The molecule has 0 aromatic heterocycles. The van der Waals surface area contributed by atoms with Gasteiger partial charge in [-0.15, -0.1) is 0 Å². The first-order chi connectivity index (χ1) is 15.7. The largest absolute Gasteiger partial charge is 0.497 e. The summed E-state index contributed by atoms with van der Waals surface area (Å²) in [6.45, 7) is 3.92. The molecule has 0 spiro atoms. The Bertz CT molecular complexity index is 1210. The fourth-order valence-electron chi connectivity index (χ4n) is 3.24. The van der Waals surface area contributed by atoms with Crippen LogP contribution in [0.15, 0.2) is 77.7 Å². The molecule has 0 fully saturated rings. The molecule has 8 heteroatoms. The van der Waals surface area contributed by atoms with Crippen molar-refractivity contribution in [2.75, 3.05) is 7.11 Å². The Balaban J connectivity index is 1.90. The number of carbonyl (C=O) groups excluding carboxylic acids is 1. The van der Waals surface area contributed by atoms with Crippen molar-refractivity contribution < 1.29 is 26.5 Å². The van der Waals surface area contributed by atoms with E-state index in [-0.39, 0.29) is 34.7 Å². The van der Waals surface area contributed by atoms with Gasteiger partial charge in [-0.05, 0) is 61.9 Å². The van der Waals surface area contributed by atoms with Gasteiger partial charge in [0, 0.05) is 23.7 Å². The van der Waals surface area contributed by atoms with E-state index in [0.717, 1.165) is 0 Å². The van der Waals surface area contributed by atoms with Gasteiger partial charge in [-0.1, -0.05) is 31.2 Å². The number of nitrogens with zero attached hydrogens (tertiary/aromatic N) is 1. The second kappa shape index (κ2) is 10.5. The summed E-state index contributed by atoms with van der Waals surface area (Å²) in [5.74, 6) is -0.209. The average Bonchev–Trinajstić information content (AvgIpc) is 2.82. The maximum atomic E-state index is 13.7. The van der Waals surface area contributed by atoms with Gasteiger partial charge in [-0.2, -0.15) is 8.42 Å². The second-order valence-corrected chi connectivity index (χ2v) is 9.07. The molecule has 0 bridgehead atoms. The SMILES string of the molecule is CC[C@H](C)N(Cc1ccccc1OS(=O)(=O)c1ccc(OC)cc1)C(=O)c1cccc(F)c1. The Kier molecular flexibility index (Phi) is 7.71. The summed E-state index contributed by atoms with van der Waals surface area (Å²) in [7, 11) is -2.62. The zero-order chi connectivity index (χ0) is 24.0. The van der Waals surface area contributed by atoms with Crippen LogP contribution in [0.5, 0.6) is 11.5 Å². The van der Waals surface area contributed by atoms with Gasteiger partial charge in [0.2, 0.25) is 0 Å². The van der Waals surface area contributed by atoms with E-state index in [1.54, 1.807) is 29.2 Å². The molecule has 0 heterocycles. The summed E-state index contributed by atoms with van der Waals surface area (Å²) in [5.41, 5.74) is 0.735. The fourth-order valence-corrected chi connectivity index (χ4v) is 4.21. The van der Waals surface area contributed by atoms with E-state index in [2.05, 4.69) is 0 Å². The molecule has 0 saturated carbocycles. The number of carbonyl (C=O) groups is 1. The van der Waals surface area contributed by atoms with Gasteiger partial charge in [-0.3, -0.25) is 4.79 Å². The topological polar surface area (TPSA) is 72.9 Å². The summed E-state index contributed by atoms with van der Waals surface area (Å²) in [4.78, 5) is 14.7. The fraction of sp³-hybridized carbons (Fsp3) is 0.240. The van der Waals surface area contributed by atoms with Gasteiger partial charge in [0.15, 0.2) is 0 Å². The van der Waals surface area contributed by atoms with Crippen LogP contribution in [-0.2, 0) is 16.7 Å². The summed E-state index contributed by atoms with van der Waals surface area (Å²) >= 11 is 0. The molecule has 3 aromatic carbocycles. The third-order valence-electron chi connectivity index (χ3n) is 5.32. The average molecular weight is 472 g/mol. The number of benzene rings is 3. The zero-order valence-corrected chi connectivity index (χ0v) is 19.5. The van der Waals surface area contributed by atoms with Crippen molar-refractivity contribution in [3.63, 3.8) is 0 Å². The molecule has 174 valence electrons. The maximum Gasteiger partial charge on any atom is 0.339 e. The number of hydrogen-bond donors (Lipinski definition) is 0. The first-order valence-electron chi connectivity index (χ1n) is 10.5. The molecule has 6 nitrogen and oxygen atoms in total. The van der Waals surface area contributed by atoms with Crippen LogP contribution in [0, 0.1) is 5.82 Å². The number of methoxy groups -OCH3 is 1. The van der Waals surface area contributed by atoms with E-state index in [4.69, 9.17) is 8.92 Å². The van der Waals surface area contributed by atoms with Crippen LogP contribution in [0.1, 0.15) is 36.2 Å². The summed E-state index contributed by atoms with van der Waals surface area (Å²) in [6, 6.07) is 17.8. The molecule has 0 radical (unpaired) electrons. The number of halogens is 1. The number of ether oxygens (including phenoxy) is 1. The molecule has 0 aliphatic carbocycles. The first kappa shape index (κ1) is 24.3. The molecule has 0 saturated heterocycles. The van der Waals surface area contributed by atoms with E-state index >= 15 is 0 Å². The molecule has 3 rings (SSSR count). The van der Waals surface area contributed by atoms with Gasteiger partial charge in [0.1, 0.15) is 22.2 Å². The van der Waals surface area contributed by atoms with Gasteiger partial charge in [-0.25, -0.2) is 4.39 Å². The van der Waals surface area contributed by atoms with Crippen LogP contribution < -0.4 is 8.92 Å². The second-order valence-electron chi connectivity index (χ2n) is 7.52. The van der Waals surface area contributed by atoms with Crippen LogP contribution in [0.2, 0.25) is 0 Å². The van der Waals surface area contributed by atoms with Crippen molar-refractivity contribution in [1.29, 1.82) is 0 Å². The predicted octanol–water partition coefficient (Wildman–Crippen LogP) is 5.04. The van der Waals surface area contributed by atoms with E-state index in [1.807, 2.05) is 13.8 Å². The monoisotopic (exact) mass is 471 g/mol. The lowest BCUT2D eigenvalue weighted by Gasteiger charge is -2.29. The first-order valence-corrected chi connectivity index (χ1v) is 11.9. The lowest BCUT2D eigenvalue weighted by Crippen LogP contribution is -2.38. The van der Waals surface area contributed by atoms with Crippen molar-refractivity contribution in [3.05, 3.63) is 89.7 Å². The van der Waals surface area contributed by atoms with Crippen LogP contribution in [0.4, 0.5) is 4.39 Å². The molecular formula is C25H26FNO5S. The van der Waals surface area contributed by atoms with E-state index in [1.165, 1.54) is 55.6 Å². The minimum Gasteiger partial charge on any atom is -0.497 e. The molecular weight excluding hydrogens is 445 g/mol. The zero-order valence-electron chi connectivity index (χ0n) is 18.7. The highest BCUT2D eigenvalue weighted by atomic mass is 32.2. The van der Waals surface area contributed by atoms with E-state index in [0.29, 0.717) is 17.7 Å². The van der Waals surface area contributed by atoms with Gasteiger partial charge < -0.3 is 13.8 Å². The van der Waals surface area contributed by atoms with E-state index in [9.17, 15) is 17.6 Å². The molecule has 33 heavy (non-hydrogen) atoms. The van der Waals surface area contributed by atoms with Gasteiger partial charge in [0.25, 0.3) is 5.91 Å². The third-order valence-corrected chi connectivity index (χ3v) is 6.56. The standard InChI is InChI=1S/C25H26FNO5S/c1-4-18(2)27(25(28)19-9-7-10-21(26)16-19)17-20-8-5-6-11-24(20)32-33(29,30)23-14-12-22(31-3)13-15-23/h5-16,18H,4,17H2,1-3H3/t18-/m0/s1. The highest BCUT2D eigenvalue weighted by Gasteiger charge is 2.24. The van der Waals surface area contributed by atoms with Crippen LogP contribution in [0.3, 0.4) is 0 Å². The minimum absolute atomic E-state index is 0.0206. The molecule has 0 aliphatic heterocycles. The number of amides is 1. The summed E-state index contributed by atoms with van der Waals surface area (Å²) in [6.07, 6.45) is 0.661. The van der Waals surface area contributed by atoms with E-state index < -0.39 is 15.9 Å². The molecule has 0 aliphatic rings. The third kappa shape index (κ3) is 5.90. The van der Waals surface area contributed by atoms with Gasteiger partial charge >= 0.3 is 10.1 Å². The van der Waals surface area contributed by atoms with Crippen LogP contribution in [-0.4, -0.2) is 32.4 Å². The van der Waals surface area contributed by atoms with Crippen LogP contribution >= 0.6 is 0 Å². The highest BCUT2D eigenvalue weighted by Crippen LogP contribution is 2.27. The number of para-hydroxylation sites is 1. The normalized spacial score (nSPS) is 12.1. The molecule has 0 unspecified atom stereocenters. The molecule has 1 amide bonds. The molecule has 0 N–H and O–H groups in total. The smallest absolute Gasteiger partial charge is 0.339 e. The predicted molar refractivity (Wildman–Crippen MR) is 123 cm³/mol. The Labute approximate surface area is 193 Å². The van der Waals surface area contributed by atoms with Crippen LogP contribution in [0.25, 0.3) is 0 Å². The lowest BCUT2D eigenvalue weighted by molar-refractivity contribution is 0.0670. The maximum absolute atomic E-state index is 13.7. The number of rotatable bonds is 9. The summed E-state index contributed by atoms with van der Waals surface area (Å²) in [5, 5.41) is 0. The quantitative estimate of drug-likeness (QED) is 0.409. The van der Waals surface area contributed by atoms with Crippen molar-refractivity contribution in [2.45, 2.75) is 37.8 Å².